The minimum absolute atomic E-state index is 0.940. The normalized spacial score (nSPS) is 16.3. The van der Waals surface area contributed by atoms with E-state index in [1.54, 1.807) is 0 Å². The molecule has 0 heteroatoms. The van der Waals surface area contributed by atoms with Gasteiger partial charge in [-0.3, -0.25) is 0 Å². The molecule has 1 fully saturated rings. The lowest BCUT2D eigenvalue weighted by atomic mass is 9.84. The largest absolute Gasteiger partial charge is 0.0955 e. The lowest BCUT2D eigenvalue weighted by molar-refractivity contribution is 0.342. The summed E-state index contributed by atoms with van der Waals surface area (Å²) in [7, 11) is 0. The van der Waals surface area contributed by atoms with Gasteiger partial charge in [-0.15, -0.1) is 0 Å². The van der Waals surface area contributed by atoms with Crippen molar-refractivity contribution in [3.05, 3.63) is 48.6 Å². The molecule has 0 bridgehead atoms. The first kappa shape index (κ1) is 14.1. The smallest absolute Gasteiger partial charge is 0.0224 e. The van der Waals surface area contributed by atoms with Gasteiger partial charge in [0, 0.05) is 0 Å². The number of rotatable bonds is 5. The molecule has 0 nitrogen and oxygen atoms in total. The van der Waals surface area contributed by atoms with Crippen LogP contribution in [0.15, 0.2) is 37.4 Å². The molecule has 102 valence electrons. The first-order valence-corrected chi connectivity index (χ1v) is 7.61. The monoisotopic (exact) mass is 254 g/mol. The topological polar surface area (TPSA) is 0 Å². The molecule has 0 N–H and O–H groups in total. The third kappa shape index (κ3) is 4.09. The van der Waals surface area contributed by atoms with E-state index in [0.717, 1.165) is 17.9 Å². The van der Waals surface area contributed by atoms with E-state index in [9.17, 15) is 0 Å². The maximum Gasteiger partial charge on any atom is -0.0224 e. The summed E-state index contributed by atoms with van der Waals surface area (Å²) in [5, 5.41) is 0. The summed E-state index contributed by atoms with van der Waals surface area (Å²) in [4.78, 5) is 0. The number of benzene rings is 1. The first-order valence-electron chi connectivity index (χ1n) is 7.61. The predicted octanol–water partition coefficient (Wildman–Crippen LogP) is 6.09. The third-order valence-corrected chi connectivity index (χ3v) is 4.34. The molecule has 1 aliphatic rings. The standard InChI is InChI=1S/C19H26/c1-15(2)18-10-7-11-19(14-18)16(3)12-13-17-8-5-4-6-9-17/h7,10-11,14,17H,1,3-6,8-9,12-13H2,2H3. The number of hydrogen-bond acceptors (Lipinski definition) is 0. The second kappa shape index (κ2) is 6.75. The molecule has 1 aromatic rings. The molecule has 19 heavy (non-hydrogen) atoms. The van der Waals surface area contributed by atoms with Crippen molar-refractivity contribution in [3.8, 4) is 0 Å². The molecular formula is C19H26. The zero-order valence-corrected chi connectivity index (χ0v) is 12.3. The Morgan fingerprint density at radius 1 is 1.11 bits per heavy atom. The Kier molecular flexibility index (Phi) is 5.01. The Bertz CT molecular complexity index is 447. The number of allylic oxidation sites excluding steroid dienone is 2. The average molecular weight is 254 g/mol. The summed E-state index contributed by atoms with van der Waals surface area (Å²) in [5.74, 6) is 0.940. The molecule has 0 spiro atoms. The van der Waals surface area contributed by atoms with Crippen molar-refractivity contribution in [2.75, 3.05) is 0 Å². The van der Waals surface area contributed by atoms with Crippen molar-refractivity contribution in [2.45, 2.75) is 51.9 Å². The van der Waals surface area contributed by atoms with Crippen LogP contribution >= 0.6 is 0 Å². The van der Waals surface area contributed by atoms with Crippen LogP contribution in [0.1, 0.15) is 63.0 Å². The lowest BCUT2D eigenvalue weighted by Crippen LogP contribution is -2.06. The molecule has 0 amide bonds. The van der Waals surface area contributed by atoms with Crippen LogP contribution in [-0.2, 0) is 0 Å². The molecule has 0 aliphatic heterocycles. The quantitative estimate of drug-likeness (QED) is 0.596. The second-order valence-corrected chi connectivity index (χ2v) is 6.01. The summed E-state index contributed by atoms with van der Waals surface area (Å²) in [6.45, 7) is 10.4. The van der Waals surface area contributed by atoms with Crippen molar-refractivity contribution >= 4 is 11.1 Å². The Labute approximate surface area is 118 Å². The molecule has 0 aromatic heterocycles. The van der Waals surface area contributed by atoms with E-state index in [-0.39, 0.29) is 0 Å². The number of hydrogen-bond donors (Lipinski definition) is 0. The zero-order valence-electron chi connectivity index (χ0n) is 12.3. The fourth-order valence-corrected chi connectivity index (χ4v) is 3.00. The third-order valence-electron chi connectivity index (χ3n) is 4.34. The van der Waals surface area contributed by atoms with E-state index in [1.807, 2.05) is 0 Å². The summed E-state index contributed by atoms with van der Waals surface area (Å²) in [6, 6.07) is 8.65. The van der Waals surface area contributed by atoms with Crippen LogP contribution in [0.2, 0.25) is 0 Å². The van der Waals surface area contributed by atoms with Gasteiger partial charge in [0.2, 0.25) is 0 Å². The molecular weight excluding hydrogens is 228 g/mol. The van der Waals surface area contributed by atoms with Crippen LogP contribution in [-0.4, -0.2) is 0 Å². The highest BCUT2D eigenvalue weighted by molar-refractivity contribution is 5.69. The Morgan fingerprint density at radius 3 is 2.47 bits per heavy atom. The van der Waals surface area contributed by atoms with Crippen LogP contribution < -0.4 is 0 Å². The van der Waals surface area contributed by atoms with E-state index in [2.05, 4.69) is 44.3 Å². The van der Waals surface area contributed by atoms with E-state index < -0.39 is 0 Å². The molecule has 1 aliphatic carbocycles. The van der Waals surface area contributed by atoms with Crippen molar-refractivity contribution in [1.29, 1.82) is 0 Å². The van der Waals surface area contributed by atoms with Crippen molar-refractivity contribution in [2.24, 2.45) is 5.92 Å². The van der Waals surface area contributed by atoms with Gasteiger partial charge >= 0.3 is 0 Å². The van der Waals surface area contributed by atoms with E-state index in [4.69, 9.17) is 0 Å². The van der Waals surface area contributed by atoms with Gasteiger partial charge in [0.05, 0.1) is 0 Å². The molecule has 2 rings (SSSR count). The van der Waals surface area contributed by atoms with Crippen LogP contribution in [0.25, 0.3) is 11.1 Å². The maximum atomic E-state index is 4.28. The van der Waals surface area contributed by atoms with Gasteiger partial charge in [-0.2, -0.15) is 0 Å². The molecule has 0 radical (unpaired) electrons. The SMILES string of the molecule is C=C(C)c1cccc(C(=C)CCC2CCCCC2)c1. The van der Waals surface area contributed by atoms with Gasteiger partial charge in [0.25, 0.3) is 0 Å². The second-order valence-electron chi connectivity index (χ2n) is 6.01. The fourth-order valence-electron chi connectivity index (χ4n) is 3.00. The van der Waals surface area contributed by atoms with Gasteiger partial charge in [-0.25, -0.2) is 0 Å². The maximum absolute atomic E-state index is 4.28. The first-order chi connectivity index (χ1) is 9.16. The summed E-state index contributed by atoms with van der Waals surface area (Å²) >= 11 is 0. The van der Waals surface area contributed by atoms with E-state index in [0.29, 0.717) is 0 Å². The minimum Gasteiger partial charge on any atom is -0.0955 e. The van der Waals surface area contributed by atoms with Crippen LogP contribution in [0.3, 0.4) is 0 Å². The highest BCUT2D eigenvalue weighted by Crippen LogP contribution is 2.30. The zero-order chi connectivity index (χ0) is 13.7. The molecule has 1 saturated carbocycles. The van der Waals surface area contributed by atoms with Gasteiger partial charge in [-0.1, -0.05) is 69.0 Å². The minimum atomic E-state index is 0.940. The van der Waals surface area contributed by atoms with E-state index in [1.165, 1.54) is 55.2 Å². The van der Waals surface area contributed by atoms with Gasteiger partial charge in [0.15, 0.2) is 0 Å². The Balaban J connectivity index is 1.92. The molecule has 0 heterocycles. The van der Waals surface area contributed by atoms with Crippen LogP contribution in [0, 0.1) is 5.92 Å². The van der Waals surface area contributed by atoms with Crippen LogP contribution in [0.4, 0.5) is 0 Å². The lowest BCUT2D eigenvalue weighted by Gasteiger charge is -2.21. The molecule has 0 unspecified atom stereocenters. The van der Waals surface area contributed by atoms with Gasteiger partial charge in [-0.05, 0) is 48.4 Å². The summed E-state index contributed by atoms with van der Waals surface area (Å²) in [6.07, 6.45) is 9.63. The Morgan fingerprint density at radius 2 is 1.79 bits per heavy atom. The van der Waals surface area contributed by atoms with Crippen molar-refractivity contribution in [3.63, 3.8) is 0 Å². The molecule has 0 atom stereocenters. The van der Waals surface area contributed by atoms with E-state index >= 15 is 0 Å². The van der Waals surface area contributed by atoms with Gasteiger partial charge in [0.1, 0.15) is 0 Å². The predicted molar refractivity (Wildman–Crippen MR) is 86.0 cm³/mol. The summed E-state index contributed by atoms with van der Waals surface area (Å²) < 4.78 is 0. The fraction of sp³-hybridized carbons (Fsp3) is 0.474. The highest BCUT2D eigenvalue weighted by Gasteiger charge is 2.13. The highest BCUT2D eigenvalue weighted by atomic mass is 14.2. The Hall–Kier alpha value is -1.30. The molecule has 0 saturated heterocycles. The van der Waals surface area contributed by atoms with Crippen molar-refractivity contribution < 1.29 is 0 Å². The summed E-state index contributed by atoms with van der Waals surface area (Å²) in [5.41, 5.74) is 4.93. The van der Waals surface area contributed by atoms with Crippen molar-refractivity contribution in [1.82, 2.24) is 0 Å². The average Bonchev–Trinajstić information content (AvgIpc) is 2.46. The molecule has 1 aromatic carbocycles. The van der Waals surface area contributed by atoms with Crippen LogP contribution in [0.5, 0.6) is 0 Å². The van der Waals surface area contributed by atoms with Gasteiger partial charge < -0.3 is 0 Å².